The average molecular weight is 243 g/mol. The normalized spacial score (nSPS) is 17.3. The van der Waals surface area contributed by atoms with Crippen LogP contribution < -0.4 is 0 Å². The van der Waals surface area contributed by atoms with Gasteiger partial charge in [-0.2, -0.15) is 0 Å². The molecule has 7 heteroatoms. The van der Waals surface area contributed by atoms with Gasteiger partial charge in [0.15, 0.2) is 5.78 Å². The molecule has 0 radical (unpaired) electrons. The number of rotatable bonds is 6. The zero-order valence-corrected chi connectivity index (χ0v) is 9.09. The second-order valence-corrected chi connectivity index (χ2v) is 3.88. The van der Waals surface area contributed by atoms with Crippen LogP contribution >= 0.6 is 0 Å². The molecule has 1 aliphatic rings. The van der Waals surface area contributed by atoms with Crippen LogP contribution in [-0.4, -0.2) is 51.3 Å². The predicted octanol–water partition coefficient (Wildman–Crippen LogP) is -0.504. The largest absolute Gasteiger partial charge is 0.481 e. The third-order valence-electron chi connectivity index (χ3n) is 2.54. The lowest BCUT2D eigenvalue weighted by Crippen LogP contribution is -2.42. The molecule has 0 aromatic carbocycles. The van der Waals surface area contributed by atoms with Gasteiger partial charge in [0, 0.05) is 6.42 Å². The molecule has 1 saturated heterocycles. The molecule has 0 unspecified atom stereocenters. The van der Waals surface area contributed by atoms with E-state index in [-0.39, 0.29) is 38.0 Å². The number of carbonyl (C=O) groups is 4. The first-order valence-electron chi connectivity index (χ1n) is 5.17. The third-order valence-corrected chi connectivity index (χ3v) is 2.54. The van der Waals surface area contributed by atoms with Gasteiger partial charge in [0.1, 0.15) is 6.04 Å². The first-order valence-corrected chi connectivity index (χ1v) is 5.17. The van der Waals surface area contributed by atoms with E-state index in [0.29, 0.717) is 0 Å². The first kappa shape index (κ1) is 13.1. The fraction of sp³-hybridized carbons (Fsp3) is 0.600. The maximum atomic E-state index is 11.4. The highest BCUT2D eigenvalue weighted by molar-refractivity contribution is 6.06. The molecule has 0 aromatic heterocycles. The van der Waals surface area contributed by atoms with E-state index in [1.165, 1.54) is 0 Å². The molecule has 1 fully saturated rings. The van der Waals surface area contributed by atoms with Crippen molar-refractivity contribution in [1.82, 2.24) is 4.90 Å². The second-order valence-electron chi connectivity index (χ2n) is 3.88. The summed E-state index contributed by atoms with van der Waals surface area (Å²) >= 11 is 0. The molecule has 2 N–H and O–H groups in total. The smallest absolute Gasteiger partial charge is 0.326 e. The quantitative estimate of drug-likeness (QED) is 0.608. The summed E-state index contributed by atoms with van der Waals surface area (Å²) in [5, 5.41) is 17.4. The number of nitrogens with zero attached hydrogens (tertiary/aromatic N) is 1. The molecule has 1 heterocycles. The summed E-state index contributed by atoms with van der Waals surface area (Å²) < 4.78 is 0. The zero-order chi connectivity index (χ0) is 13.0. The Morgan fingerprint density at radius 1 is 1.29 bits per heavy atom. The molecule has 0 aliphatic carbocycles. The van der Waals surface area contributed by atoms with Gasteiger partial charge in [-0.3, -0.25) is 14.4 Å². The van der Waals surface area contributed by atoms with Crippen molar-refractivity contribution in [3.8, 4) is 0 Å². The van der Waals surface area contributed by atoms with Gasteiger partial charge >= 0.3 is 11.9 Å². The third kappa shape index (κ3) is 3.54. The molecule has 0 bridgehead atoms. The summed E-state index contributed by atoms with van der Waals surface area (Å²) in [4.78, 5) is 44.7. The Kier molecular flexibility index (Phi) is 4.19. The van der Waals surface area contributed by atoms with Crippen LogP contribution in [0, 0.1) is 0 Å². The topological polar surface area (TPSA) is 112 Å². The highest BCUT2D eigenvalue weighted by Gasteiger charge is 2.36. The van der Waals surface area contributed by atoms with E-state index < -0.39 is 23.9 Å². The van der Waals surface area contributed by atoms with Crippen LogP contribution in [0.15, 0.2) is 0 Å². The Morgan fingerprint density at radius 3 is 2.35 bits per heavy atom. The van der Waals surface area contributed by atoms with E-state index in [9.17, 15) is 19.2 Å². The maximum absolute atomic E-state index is 11.4. The monoisotopic (exact) mass is 243 g/mol. The number of ketones is 1. The molecule has 7 nitrogen and oxygen atoms in total. The van der Waals surface area contributed by atoms with Crippen LogP contribution in [0.5, 0.6) is 0 Å². The second kappa shape index (κ2) is 5.42. The minimum atomic E-state index is -1.21. The number of aliphatic carboxylic acids is 2. The Hall–Kier alpha value is -1.92. The summed E-state index contributed by atoms with van der Waals surface area (Å²) in [7, 11) is 0. The highest BCUT2D eigenvalue weighted by Crippen LogP contribution is 2.16. The van der Waals surface area contributed by atoms with Crippen LogP contribution in [0.1, 0.15) is 25.7 Å². The van der Waals surface area contributed by atoms with Crippen molar-refractivity contribution in [3.05, 3.63) is 0 Å². The van der Waals surface area contributed by atoms with Crippen molar-refractivity contribution >= 4 is 23.6 Å². The van der Waals surface area contributed by atoms with Gasteiger partial charge in [-0.25, -0.2) is 4.79 Å². The number of amides is 1. The Bertz CT molecular complexity index is 364. The maximum Gasteiger partial charge on any atom is 0.326 e. The summed E-state index contributed by atoms with van der Waals surface area (Å²) in [6, 6.07) is -1.10. The van der Waals surface area contributed by atoms with Gasteiger partial charge < -0.3 is 15.1 Å². The van der Waals surface area contributed by atoms with Gasteiger partial charge in [-0.1, -0.05) is 0 Å². The van der Waals surface area contributed by atoms with Crippen LogP contribution in [0.2, 0.25) is 0 Å². The Balaban J connectivity index is 2.60. The molecule has 0 spiro atoms. The molecular formula is C10H13NO6. The summed E-state index contributed by atoms with van der Waals surface area (Å²) in [5.74, 6) is -3.03. The Morgan fingerprint density at radius 2 is 1.94 bits per heavy atom. The van der Waals surface area contributed by atoms with Gasteiger partial charge in [0.05, 0.1) is 13.0 Å². The van der Waals surface area contributed by atoms with Crippen LogP contribution in [-0.2, 0) is 19.2 Å². The molecule has 0 aromatic rings. The van der Waals surface area contributed by atoms with E-state index >= 15 is 0 Å². The molecule has 1 amide bonds. The van der Waals surface area contributed by atoms with E-state index in [1.54, 1.807) is 0 Å². The van der Waals surface area contributed by atoms with Crippen molar-refractivity contribution in [2.75, 3.05) is 6.54 Å². The SMILES string of the molecule is O=C(O)CCC[C@H](C(=O)O)N1CC(=O)CC1=O. The Labute approximate surface area is 97.0 Å². The van der Waals surface area contributed by atoms with Crippen molar-refractivity contribution in [2.24, 2.45) is 0 Å². The molecule has 17 heavy (non-hydrogen) atoms. The van der Waals surface area contributed by atoms with Crippen molar-refractivity contribution in [3.63, 3.8) is 0 Å². The number of carboxylic acid groups (broad SMARTS) is 2. The fourth-order valence-corrected chi connectivity index (χ4v) is 1.75. The minimum absolute atomic E-state index is 0.0423. The van der Waals surface area contributed by atoms with Gasteiger partial charge in [0.25, 0.3) is 0 Å². The molecule has 94 valence electrons. The number of Topliss-reactive ketones (excluding diaryl/α,β-unsaturated/α-hetero) is 1. The van der Waals surface area contributed by atoms with Gasteiger partial charge in [-0.15, -0.1) is 0 Å². The molecule has 1 atom stereocenters. The number of likely N-dealkylation sites (tertiary alicyclic amines) is 1. The molecule has 0 saturated carbocycles. The lowest BCUT2D eigenvalue weighted by atomic mass is 10.1. The van der Waals surface area contributed by atoms with Gasteiger partial charge in [0.2, 0.25) is 5.91 Å². The predicted molar refractivity (Wildman–Crippen MR) is 54.2 cm³/mol. The lowest BCUT2D eigenvalue weighted by Gasteiger charge is -2.22. The number of carboxylic acids is 2. The summed E-state index contributed by atoms with van der Waals surface area (Å²) in [5.41, 5.74) is 0. The summed E-state index contributed by atoms with van der Waals surface area (Å²) in [6.07, 6.45) is -0.215. The van der Waals surface area contributed by atoms with Crippen LogP contribution in [0.4, 0.5) is 0 Å². The van der Waals surface area contributed by atoms with Gasteiger partial charge in [-0.05, 0) is 12.8 Å². The van der Waals surface area contributed by atoms with Crippen LogP contribution in [0.25, 0.3) is 0 Å². The average Bonchev–Trinajstić information content (AvgIpc) is 2.51. The lowest BCUT2D eigenvalue weighted by molar-refractivity contribution is -0.149. The summed E-state index contributed by atoms with van der Waals surface area (Å²) in [6.45, 7) is -0.192. The van der Waals surface area contributed by atoms with Crippen molar-refractivity contribution in [2.45, 2.75) is 31.7 Å². The highest BCUT2D eigenvalue weighted by atomic mass is 16.4. The van der Waals surface area contributed by atoms with E-state index in [2.05, 4.69) is 0 Å². The number of hydrogen-bond donors (Lipinski definition) is 2. The van der Waals surface area contributed by atoms with Crippen molar-refractivity contribution in [1.29, 1.82) is 0 Å². The minimum Gasteiger partial charge on any atom is -0.481 e. The first-order chi connectivity index (χ1) is 7.91. The zero-order valence-electron chi connectivity index (χ0n) is 9.09. The standard InChI is InChI=1S/C10H13NO6/c12-6-4-8(13)11(5-6)7(10(16)17)2-1-3-9(14)15/h7H,1-5H2,(H,14,15)(H,16,17)/t7-/m1/s1. The fourth-order valence-electron chi connectivity index (χ4n) is 1.75. The number of hydrogen-bond acceptors (Lipinski definition) is 4. The molecule has 1 rings (SSSR count). The molecule has 1 aliphatic heterocycles. The van der Waals surface area contributed by atoms with E-state index in [1.807, 2.05) is 0 Å². The number of carbonyl (C=O) groups excluding carboxylic acids is 2. The molecular weight excluding hydrogens is 230 g/mol. The van der Waals surface area contributed by atoms with E-state index in [4.69, 9.17) is 10.2 Å². The van der Waals surface area contributed by atoms with Crippen LogP contribution in [0.3, 0.4) is 0 Å². The van der Waals surface area contributed by atoms with E-state index in [0.717, 1.165) is 4.90 Å². The van der Waals surface area contributed by atoms with Crippen molar-refractivity contribution < 1.29 is 29.4 Å².